The van der Waals surface area contributed by atoms with Gasteiger partial charge in [0.15, 0.2) is 0 Å². The van der Waals surface area contributed by atoms with Gasteiger partial charge in [-0.1, -0.05) is 37.5 Å². The summed E-state index contributed by atoms with van der Waals surface area (Å²) in [6.45, 7) is 8.29. The molecule has 0 bridgehead atoms. The quantitative estimate of drug-likeness (QED) is 0.892. The summed E-state index contributed by atoms with van der Waals surface area (Å²) in [6.07, 6.45) is 3.37. The smallest absolute Gasteiger partial charge is 0.128 e. The monoisotopic (exact) mass is 300 g/mol. The highest BCUT2D eigenvalue weighted by molar-refractivity contribution is 5.85. The standard InChI is InChI=1S/C16H25FN2.ClH/c1-3-4-5-16(19-10-8-18-9-11-19)14-12-13(2)6-7-15(14)17;/h6-7,12,16,18H,3-5,8-11H2,1-2H3;1H/t16-;/m1./s1. The van der Waals surface area contributed by atoms with E-state index < -0.39 is 0 Å². The van der Waals surface area contributed by atoms with Crippen LogP contribution in [-0.4, -0.2) is 31.1 Å². The molecule has 0 spiro atoms. The van der Waals surface area contributed by atoms with Gasteiger partial charge in [-0.3, -0.25) is 4.90 Å². The van der Waals surface area contributed by atoms with E-state index in [1.807, 2.05) is 19.1 Å². The van der Waals surface area contributed by atoms with Crippen molar-refractivity contribution in [2.75, 3.05) is 26.2 Å². The van der Waals surface area contributed by atoms with Gasteiger partial charge in [0.25, 0.3) is 0 Å². The normalized spacial score (nSPS) is 17.6. The summed E-state index contributed by atoms with van der Waals surface area (Å²) in [4.78, 5) is 2.43. The number of benzene rings is 1. The predicted octanol–water partition coefficient (Wildman–Crippen LogP) is 3.69. The topological polar surface area (TPSA) is 15.3 Å². The number of piperazine rings is 1. The largest absolute Gasteiger partial charge is 0.314 e. The van der Waals surface area contributed by atoms with Crippen molar-refractivity contribution in [3.63, 3.8) is 0 Å². The van der Waals surface area contributed by atoms with Crippen molar-refractivity contribution in [2.24, 2.45) is 0 Å². The van der Waals surface area contributed by atoms with Gasteiger partial charge in [-0.15, -0.1) is 12.4 Å². The molecule has 4 heteroatoms. The van der Waals surface area contributed by atoms with Gasteiger partial charge in [0, 0.05) is 37.8 Å². The van der Waals surface area contributed by atoms with Crippen molar-refractivity contribution in [1.82, 2.24) is 10.2 Å². The van der Waals surface area contributed by atoms with Crippen LogP contribution in [0.15, 0.2) is 18.2 Å². The highest BCUT2D eigenvalue weighted by Gasteiger charge is 2.24. The van der Waals surface area contributed by atoms with Crippen LogP contribution in [0.2, 0.25) is 0 Å². The van der Waals surface area contributed by atoms with Gasteiger partial charge in [-0.05, 0) is 19.4 Å². The lowest BCUT2D eigenvalue weighted by Gasteiger charge is -2.35. The molecule has 2 nitrogen and oxygen atoms in total. The van der Waals surface area contributed by atoms with Crippen LogP contribution >= 0.6 is 12.4 Å². The Balaban J connectivity index is 0.00000200. The van der Waals surface area contributed by atoms with Crippen LogP contribution in [0.3, 0.4) is 0 Å². The second-order valence-corrected chi connectivity index (χ2v) is 5.47. The molecule has 1 aliphatic heterocycles. The molecular formula is C16H26ClFN2. The zero-order chi connectivity index (χ0) is 13.7. The minimum absolute atomic E-state index is 0. The van der Waals surface area contributed by atoms with Crippen LogP contribution in [0.1, 0.15) is 43.4 Å². The summed E-state index contributed by atoms with van der Waals surface area (Å²) in [6, 6.07) is 5.73. The zero-order valence-electron chi connectivity index (χ0n) is 12.5. The van der Waals surface area contributed by atoms with Gasteiger partial charge in [0.2, 0.25) is 0 Å². The Morgan fingerprint density at radius 1 is 1.30 bits per heavy atom. The molecule has 1 aromatic rings. The molecule has 1 fully saturated rings. The number of nitrogens with zero attached hydrogens (tertiary/aromatic N) is 1. The summed E-state index contributed by atoms with van der Waals surface area (Å²) in [7, 11) is 0. The molecule has 1 atom stereocenters. The zero-order valence-corrected chi connectivity index (χ0v) is 13.3. The van der Waals surface area contributed by atoms with Crippen molar-refractivity contribution in [1.29, 1.82) is 0 Å². The van der Waals surface area contributed by atoms with E-state index in [2.05, 4.69) is 17.1 Å². The van der Waals surface area contributed by atoms with Crippen molar-refractivity contribution in [3.05, 3.63) is 35.1 Å². The van der Waals surface area contributed by atoms with E-state index in [9.17, 15) is 4.39 Å². The van der Waals surface area contributed by atoms with E-state index in [0.717, 1.165) is 56.6 Å². The number of unbranched alkanes of at least 4 members (excludes halogenated alkanes) is 1. The first-order valence-electron chi connectivity index (χ1n) is 7.43. The third kappa shape index (κ3) is 4.44. The molecule has 0 aromatic heterocycles. The van der Waals surface area contributed by atoms with Gasteiger partial charge in [-0.25, -0.2) is 4.39 Å². The van der Waals surface area contributed by atoms with Crippen LogP contribution in [0.25, 0.3) is 0 Å². The molecule has 1 saturated heterocycles. The molecule has 0 amide bonds. The van der Waals surface area contributed by atoms with Crippen LogP contribution in [0, 0.1) is 12.7 Å². The average molecular weight is 301 g/mol. The lowest BCUT2D eigenvalue weighted by Crippen LogP contribution is -2.45. The van der Waals surface area contributed by atoms with Crippen LogP contribution in [0.4, 0.5) is 4.39 Å². The van der Waals surface area contributed by atoms with Crippen molar-refractivity contribution in [2.45, 2.75) is 39.2 Å². The molecule has 114 valence electrons. The molecule has 0 saturated carbocycles. The number of nitrogens with one attached hydrogen (secondary N) is 1. The maximum atomic E-state index is 14.2. The first kappa shape index (κ1) is 17.4. The van der Waals surface area contributed by atoms with E-state index in [4.69, 9.17) is 0 Å². The highest BCUT2D eigenvalue weighted by atomic mass is 35.5. The molecular weight excluding hydrogens is 275 g/mol. The summed E-state index contributed by atoms with van der Waals surface area (Å²) >= 11 is 0. The summed E-state index contributed by atoms with van der Waals surface area (Å²) in [5, 5.41) is 3.37. The Morgan fingerprint density at radius 3 is 2.65 bits per heavy atom. The fourth-order valence-electron chi connectivity index (χ4n) is 2.84. The molecule has 20 heavy (non-hydrogen) atoms. The first-order chi connectivity index (χ1) is 9.22. The average Bonchev–Trinajstić information content (AvgIpc) is 2.44. The maximum Gasteiger partial charge on any atom is 0.128 e. The van der Waals surface area contributed by atoms with E-state index in [-0.39, 0.29) is 24.3 Å². The number of hydrogen-bond acceptors (Lipinski definition) is 2. The fourth-order valence-corrected chi connectivity index (χ4v) is 2.84. The van der Waals surface area contributed by atoms with E-state index in [0.29, 0.717) is 0 Å². The molecule has 1 heterocycles. The fraction of sp³-hybridized carbons (Fsp3) is 0.625. The third-order valence-corrected chi connectivity index (χ3v) is 3.93. The summed E-state index contributed by atoms with van der Waals surface area (Å²) < 4.78 is 14.2. The molecule has 1 N–H and O–H groups in total. The van der Waals surface area contributed by atoms with E-state index in [1.54, 1.807) is 6.07 Å². The van der Waals surface area contributed by atoms with Gasteiger partial charge in [0.05, 0.1) is 0 Å². The number of aryl methyl sites for hydroxylation is 1. The van der Waals surface area contributed by atoms with Gasteiger partial charge in [-0.2, -0.15) is 0 Å². The SMILES string of the molecule is CCCC[C@H](c1cc(C)ccc1F)N1CCNCC1.Cl. The lowest BCUT2D eigenvalue weighted by molar-refractivity contribution is 0.160. The molecule has 1 aromatic carbocycles. The van der Waals surface area contributed by atoms with Crippen molar-refractivity contribution in [3.8, 4) is 0 Å². The highest BCUT2D eigenvalue weighted by Crippen LogP contribution is 2.29. The molecule has 0 aliphatic carbocycles. The number of rotatable bonds is 5. The van der Waals surface area contributed by atoms with Crippen LogP contribution < -0.4 is 5.32 Å². The number of halogens is 2. The van der Waals surface area contributed by atoms with Crippen molar-refractivity contribution < 1.29 is 4.39 Å². The van der Waals surface area contributed by atoms with E-state index >= 15 is 0 Å². The Bertz CT molecular complexity index is 405. The minimum Gasteiger partial charge on any atom is -0.314 e. The Kier molecular flexibility index (Phi) is 7.49. The third-order valence-electron chi connectivity index (χ3n) is 3.93. The Morgan fingerprint density at radius 2 is 2.00 bits per heavy atom. The Labute approximate surface area is 128 Å². The van der Waals surface area contributed by atoms with Crippen molar-refractivity contribution >= 4 is 12.4 Å². The molecule has 1 aliphatic rings. The molecule has 0 radical (unpaired) electrons. The first-order valence-corrected chi connectivity index (χ1v) is 7.43. The lowest BCUT2D eigenvalue weighted by atomic mass is 9.97. The van der Waals surface area contributed by atoms with Gasteiger partial charge < -0.3 is 5.32 Å². The summed E-state index contributed by atoms with van der Waals surface area (Å²) in [5.41, 5.74) is 2.03. The van der Waals surface area contributed by atoms with Gasteiger partial charge >= 0.3 is 0 Å². The van der Waals surface area contributed by atoms with Crippen LogP contribution in [-0.2, 0) is 0 Å². The van der Waals surface area contributed by atoms with E-state index in [1.165, 1.54) is 0 Å². The maximum absolute atomic E-state index is 14.2. The number of hydrogen-bond donors (Lipinski definition) is 1. The second-order valence-electron chi connectivity index (χ2n) is 5.47. The van der Waals surface area contributed by atoms with Gasteiger partial charge in [0.1, 0.15) is 5.82 Å². The predicted molar refractivity (Wildman–Crippen MR) is 85.1 cm³/mol. The molecule has 2 rings (SSSR count). The van der Waals surface area contributed by atoms with Crippen LogP contribution in [0.5, 0.6) is 0 Å². The molecule has 0 unspecified atom stereocenters. The second kappa shape index (κ2) is 8.60. The minimum atomic E-state index is -0.0507. The Hall–Kier alpha value is -0.640. The summed E-state index contributed by atoms with van der Waals surface area (Å²) in [5.74, 6) is -0.0507.